The molecule has 0 aliphatic heterocycles. The molecule has 1 aromatic heterocycles. The summed E-state index contributed by atoms with van der Waals surface area (Å²) in [5.74, 6) is 0. The summed E-state index contributed by atoms with van der Waals surface area (Å²) in [5.41, 5.74) is 4.58. The van der Waals surface area contributed by atoms with Crippen LogP contribution in [0.4, 0.5) is 16.5 Å². The number of nitrogens with zero attached hydrogens (tertiary/aromatic N) is 2. The number of nitro benzene ring substituents is 1. The number of sulfonamides is 1. The van der Waals surface area contributed by atoms with Crippen LogP contribution in [-0.4, -0.2) is 18.3 Å². The second-order valence-corrected chi connectivity index (χ2v) is 7.59. The van der Waals surface area contributed by atoms with Crippen molar-refractivity contribution in [3.63, 3.8) is 0 Å². The van der Waals surface area contributed by atoms with E-state index in [1.54, 1.807) is 0 Å². The normalized spacial score (nSPS) is 11.2. The highest BCUT2D eigenvalue weighted by Crippen LogP contribution is 2.32. The largest absolute Gasteiger partial charge is 0.393 e. The van der Waals surface area contributed by atoms with Crippen LogP contribution >= 0.6 is 27.3 Å². The number of thiazole rings is 1. The van der Waals surface area contributed by atoms with E-state index < -0.39 is 25.5 Å². The number of para-hydroxylation sites is 1. The van der Waals surface area contributed by atoms with Crippen LogP contribution in [0.1, 0.15) is 0 Å². The topological polar surface area (TPSA) is 128 Å². The molecule has 0 atom stereocenters. The van der Waals surface area contributed by atoms with Gasteiger partial charge in [-0.3, -0.25) is 14.8 Å². The summed E-state index contributed by atoms with van der Waals surface area (Å²) < 4.78 is 27.1. The molecule has 11 heteroatoms. The summed E-state index contributed by atoms with van der Waals surface area (Å²) >= 11 is 4.18. The Morgan fingerprint density at radius 2 is 2.15 bits per heavy atom. The number of hydrogen-bond acceptors (Lipinski definition) is 7. The molecule has 0 bridgehead atoms. The molecule has 0 aliphatic carbocycles. The average molecular weight is 379 g/mol. The molecule has 106 valence electrons. The van der Waals surface area contributed by atoms with Gasteiger partial charge in [-0.05, 0) is 28.1 Å². The van der Waals surface area contributed by atoms with Crippen molar-refractivity contribution in [2.75, 3.05) is 10.5 Å². The van der Waals surface area contributed by atoms with E-state index in [1.807, 2.05) is 0 Å². The number of nitrogens with one attached hydrogen (secondary N) is 1. The average Bonchev–Trinajstić information content (AvgIpc) is 2.73. The molecule has 20 heavy (non-hydrogen) atoms. The van der Waals surface area contributed by atoms with Gasteiger partial charge in [0.05, 0.1) is 14.9 Å². The Labute approximate surface area is 126 Å². The molecule has 3 N–H and O–H groups in total. The SMILES string of the molecule is Nc1cccc(S(=O)(=O)Nc2ncc(Br)s2)c1[N+](=O)[O-]. The van der Waals surface area contributed by atoms with Gasteiger partial charge < -0.3 is 5.73 Å². The van der Waals surface area contributed by atoms with Crippen molar-refractivity contribution in [1.82, 2.24) is 4.98 Å². The maximum absolute atomic E-state index is 12.2. The molecule has 0 fully saturated rings. The lowest BCUT2D eigenvalue weighted by molar-refractivity contribution is -0.386. The van der Waals surface area contributed by atoms with E-state index in [9.17, 15) is 18.5 Å². The van der Waals surface area contributed by atoms with Gasteiger partial charge in [0.15, 0.2) is 10.0 Å². The Kier molecular flexibility index (Phi) is 3.92. The highest BCUT2D eigenvalue weighted by Gasteiger charge is 2.28. The predicted molar refractivity (Wildman–Crippen MR) is 78.1 cm³/mol. The Balaban J connectivity index is 2.50. The Morgan fingerprint density at radius 3 is 2.70 bits per heavy atom. The quantitative estimate of drug-likeness (QED) is 0.476. The molecule has 0 saturated heterocycles. The van der Waals surface area contributed by atoms with E-state index in [2.05, 4.69) is 25.6 Å². The first-order valence-electron chi connectivity index (χ1n) is 4.98. The summed E-state index contributed by atoms with van der Waals surface area (Å²) in [6, 6.07) is 3.70. The minimum Gasteiger partial charge on any atom is -0.393 e. The van der Waals surface area contributed by atoms with E-state index in [0.717, 1.165) is 17.4 Å². The molecule has 0 spiro atoms. The molecule has 0 radical (unpaired) electrons. The van der Waals surface area contributed by atoms with Crippen molar-refractivity contribution in [1.29, 1.82) is 0 Å². The summed E-state index contributed by atoms with van der Waals surface area (Å²) in [6.45, 7) is 0. The third kappa shape index (κ3) is 2.89. The first kappa shape index (κ1) is 14.7. The molecule has 0 saturated carbocycles. The summed E-state index contributed by atoms with van der Waals surface area (Å²) in [7, 11) is -4.14. The molecule has 8 nitrogen and oxygen atoms in total. The lowest BCUT2D eigenvalue weighted by Crippen LogP contribution is -2.15. The Hall–Kier alpha value is -1.72. The second kappa shape index (κ2) is 5.34. The molecule has 0 aliphatic rings. The van der Waals surface area contributed by atoms with Crippen molar-refractivity contribution in [2.24, 2.45) is 0 Å². The maximum atomic E-state index is 12.2. The third-order valence-corrected chi connectivity index (χ3v) is 5.09. The molecule has 1 heterocycles. The standard InChI is InChI=1S/C9H7BrN4O4S2/c10-7-4-12-9(19-7)13-20(17,18)6-3-1-2-5(11)8(6)14(15)16/h1-4H,11H2,(H,12,13). The number of anilines is 2. The van der Waals surface area contributed by atoms with Crippen molar-refractivity contribution in [2.45, 2.75) is 4.90 Å². The van der Waals surface area contributed by atoms with Crippen molar-refractivity contribution < 1.29 is 13.3 Å². The fourth-order valence-electron chi connectivity index (χ4n) is 1.42. The number of nitrogens with two attached hydrogens (primary N) is 1. The maximum Gasteiger partial charge on any atom is 0.312 e. The minimum absolute atomic E-state index is 0.0913. The van der Waals surface area contributed by atoms with Crippen LogP contribution in [0.15, 0.2) is 33.1 Å². The number of rotatable bonds is 4. The molecule has 1 aromatic carbocycles. The fraction of sp³-hybridized carbons (Fsp3) is 0. The van der Waals surface area contributed by atoms with Gasteiger partial charge >= 0.3 is 5.69 Å². The molecule has 0 unspecified atom stereocenters. The monoisotopic (exact) mass is 378 g/mol. The van der Waals surface area contributed by atoms with Gasteiger partial charge in [-0.25, -0.2) is 13.4 Å². The van der Waals surface area contributed by atoms with Crippen molar-refractivity contribution >= 4 is 53.8 Å². The highest BCUT2D eigenvalue weighted by atomic mass is 79.9. The van der Waals surface area contributed by atoms with Gasteiger partial charge in [-0.1, -0.05) is 17.4 Å². The van der Waals surface area contributed by atoms with Crippen LogP contribution in [0, 0.1) is 10.1 Å². The van der Waals surface area contributed by atoms with Crippen LogP contribution in [0.5, 0.6) is 0 Å². The smallest absolute Gasteiger partial charge is 0.312 e. The Bertz CT molecular complexity index is 774. The van der Waals surface area contributed by atoms with Crippen LogP contribution < -0.4 is 10.5 Å². The summed E-state index contributed by atoms with van der Waals surface area (Å²) in [4.78, 5) is 13.4. The van der Waals surface area contributed by atoms with Crippen LogP contribution in [0.25, 0.3) is 0 Å². The van der Waals surface area contributed by atoms with Gasteiger partial charge in [-0.15, -0.1) is 0 Å². The lowest BCUT2D eigenvalue weighted by Gasteiger charge is -2.07. The first-order valence-corrected chi connectivity index (χ1v) is 8.07. The zero-order chi connectivity index (χ0) is 14.9. The van der Waals surface area contributed by atoms with Gasteiger partial charge in [0.2, 0.25) is 0 Å². The summed E-state index contributed by atoms with van der Waals surface area (Å²) in [5, 5.41) is 11.0. The minimum atomic E-state index is -4.14. The van der Waals surface area contributed by atoms with Crippen molar-refractivity contribution in [3.05, 3.63) is 38.3 Å². The van der Waals surface area contributed by atoms with Crippen LogP contribution in [0.2, 0.25) is 0 Å². The van der Waals surface area contributed by atoms with Crippen LogP contribution in [-0.2, 0) is 10.0 Å². The van der Waals surface area contributed by atoms with Gasteiger partial charge in [-0.2, -0.15) is 0 Å². The van der Waals surface area contributed by atoms with E-state index in [0.29, 0.717) is 3.79 Å². The second-order valence-electron chi connectivity index (χ2n) is 3.53. The number of aromatic nitrogens is 1. The predicted octanol–water partition coefficient (Wildman–Crippen LogP) is 2.20. The zero-order valence-electron chi connectivity index (χ0n) is 9.61. The summed E-state index contributed by atoms with van der Waals surface area (Å²) in [6.07, 6.45) is 1.41. The number of halogens is 1. The lowest BCUT2D eigenvalue weighted by atomic mass is 10.3. The third-order valence-electron chi connectivity index (χ3n) is 2.20. The van der Waals surface area contributed by atoms with E-state index in [4.69, 9.17) is 5.73 Å². The van der Waals surface area contributed by atoms with Crippen molar-refractivity contribution in [3.8, 4) is 0 Å². The van der Waals surface area contributed by atoms with E-state index >= 15 is 0 Å². The first-order chi connectivity index (χ1) is 9.31. The molecule has 0 amide bonds. The number of nitrogen functional groups attached to an aromatic ring is 1. The van der Waals surface area contributed by atoms with Gasteiger partial charge in [0, 0.05) is 0 Å². The number of benzene rings is 1. The van der Waals surface area contributed by atoms with E-state index in [-0.39, 0.29) is 10.8 Å². The van der Waals surface area contributed by atoms with Gasteiger partial charge in [0.25, 0.3) is 10.0 Å². The number of nitro groups is 1. The number of hydrogen-bond donors (Lipinski definition) is 2. The van der Waals surface area contributed by atoms with Crippen LogP contribution in [0.3, 0.4) is 0 Å². The fourth-order valence-corrected chi connectivity index (χ4v) is 3.97. The highest BCUT2D eigenvalue weighted by molar-refractivity contribution is 9.11. The molecule has 2 aromatic rings. The Morgan fingerprint density at radius 1 is 1.45 bits per heavy atom. The molecule has 2 rings (SSSR count). The van der Waals surface area contributed by atoms with Gasteiger partial charge in [0.1, 0.15) is 5.69 Å². The molecular formula is C9H7BrN4O4S2. The molecular weight excluding hydrogens is 372 g/mol. The van der Waals surface area contributed by atoms with E-state index in [1.165, 1.54) is 18.3 Å². The zero-order valence-corrected chi connectivity index (χ0v) is 12.8.